The van der Waals surface area contributed by atoms with Crippen molar-refractivity contribution in [2.24, 2.45) is 0 Å². The molecule has 1 nitrogen and oxygen atoms in total. The number of phenolic OH excluding ortho intramolecular Hbond substituents is 1. The molecule has 1 aromatic carbocycles. The zero-order valence-corrected chi connectivity index (χ0v) is 7.91. The van der Waals surface area contributed by atoms with Crippen LogP contribution in [0.15, 0.2) is 21.1 Å². The third-order valence-electron chi connectivity index (χ3n) is 0.990. The quantitative estimate of drug-likeness (QED) is 0.718. The van der Waals surface area contributed by atoms with Gasteiger partial charge in [0.25, 0.3) is 0 Å². The first-order valence-electron chi connectivity index (χ1n) is 2.45. The van der Waals surface area contributed by atoms with E-state index in [-0.39, 0.29) is 5.75 Å². The van der Waals surface area contributed by atoms with Crippen LogP contribution in [0.25, 0.3) is 0 Å². The van der Waals surface area contributed by atoms with Crippen LogP contribution in [-0.4, -0.2) is 5.11 Å². The van der Waals surface area contributed by atoms with Crippen molar-refractivity contribution in [1.82, 2.24) is 0 Å². The van der Waals surface area contributed by atoms with Gasteiger partial charge in [-0.15, -0.1) is 0 Å². The second-order valence-electron chi connectivity index (χ2n) is 1.72. The van der Waals surface area contributed by atoms with Gasteiger partial charge in [-0.3, -0.25) is 0 Å². The standard InChI is InChI=1S/C6H3Br2FO/c7-3-1-5(9)6(10)2-4(3)8/h1-2,10H. The Kier molecular flexibility index (Phi) is 2.31. The summed E-state index contributed by atoms with van der Waals surface area (Å²) in [7, 11) is 0. The third-order valence-corrected chi connectivity index (χ3v) is 2.83. The van der Waals surface area contributed by atoms with Gasteiger partial charge in [0, 0.05) is 8.95 Å². The highest BCUT2D eigenvalue weighted by Gasteiger charge is 2.03. The van der Waals surface area contributed by atoms with E-state index in [1.807, 2.05) is 0 Å². The van der Waals surface area contributed by atoms with E-state index in [1.165, 1.54) is 12.1 Å². The fraction of sp³-hybridized carbons (Fsp3) is 0. The molecule has 0 aliphatic heterocycles. The fourth-order valence-electron chi connectivity index (χ4n) is 0.512. The molecular weight excluding hydrogens is 267 g/mol. The molecular formula is C6H3Br2FO. The number of aromatic hydroxyl groups is 1. The third kappa shape index (κ3) is 1.49. The molecule has 0 saturated carbocycles. The Balaban J connectivity index is 3.28. The van der Waals surface area contributed by atoms with Gasteiger partial charge in [0.05, 0.1) is 0 Å². The fourth-order valence-corrected chi connectivity index (χ4v) is 1.16. The molecule has 0 aliphatic carbocycles. The average molecular weight is 270 g/mol. The van der Waals surface area contributed by atoms with E-state index in [0.29, 0.717) is 8.95 Å². The monoisotopic (exact) mass is 268 g/mol. The molecule has 0 aliphatic rings. The van der Waals surface area contributed by atoms with E-state index < -0.39 is 5.82 Å². The molecule has 0 heterocycles. The van der Waals surface area contributed by atoms with E-state index in [9.17, 15) is 4.39 Å². The highest BCUT2D eigenvalue weighted by Crippen LogP contribution is 2.28. The second kappa shape index (κ2) is 2.88. The van der Waals surface area contributed by atoms with E-state index in [4.69, 9.17) is 5.11 Å². The zero-order valence-electron chi connectivity index (χ0n) is 4.74. The second-order valence-corrected chi connectivity index (χ2v) is 3.43. The molecule has 1 aromatic rings. The van der Waals surface area contributed by atoms with Crippen LogP contribution in [0.4, 0.5) is 4.39 Å². The van der Waals surface area contributed by atoms with Crippen molar-refractivity contribution in [1.29, 1.82) is 0 Å². The Morgan fingerprint density at radius 3 is 2.20 bits per heavy atom. The van der Waals surface area contributed by atoms with Crippen LogP contribution in [0.3, 0.4) is 0 Å². The van der Waals surface area contributed by atoms with E-state index >= 15 is 0 Å². The van der Waals surface area contributed by atoms with Crippen LogP contribution >= 0.6 is 31.9 Å². The van der Waals surface area contributed by atoms with Crippen LogP contribution in [0.1, 0.15) is 0 Å². The summed E-state index contributed by atoms with van der Waals surface area (Å²) in [6, 6.07) is 2.48. The van der Waals surface area contributed by atoms with Gasteiger partial charge in [0.15, 0.2) is 11.6 Å². The van der Waals surface area contributed by atoms with Crippen molar-refractivity contribution in [3.63, 3.8) is 0 Å². The van der Waals surface area contributed by atoms with Gasteiger partial charge in [0.1, 0.15) is 0 Å². The summed E-state index contributed by atoms with van der Waals surface area (Å²) in [5.74, 6) is -0.981. The van der Waals surface area contributed by atoms with Gasteiger partial charge in [-0.25, -0.2) is 4.39 Å². The first-order valence-corrected chi connectivity index (χ1v) is 4.03. The summed E-state index contributed by atoms with van der Waals surface area (Å²) >= 11 is 6.19. The predicted molar refractivity (Wildman–Crippen MR) is 43.5 cm³/mol. The first kappa shape index (κ1) is 8.01. The summed E-state index contributed by atoms with van der Waals surface area (Å²) in [5, 5.41) is 8.80. The minimum absolute atomic E-state index is 0.352. The lowest BCUT2D eigenvalue weighted by atomic mass is 10.3. The SMILES string of the molecule is Oc1cc(Br)c(Br)cc1F. The van der Waals surface area contributed by atoms with E-state index in [0.717, 1.165) is 0 Å². The van der Waals surface area contributed by atoms with Crippen LogP contribution in [-0.2, 0) is 0 Å². The van der Waals surface area contributed by atoms with Crippen molar-refractivity contribution in [3.05, 3.63) is 26.9 Å². The zero-order chi connectivity index (χ0) is 7.72. The molecule has 0 radical (unpaired) electrons. The van der Waals surface area contributed by atoms with Crippen molar-refractivity contribution in [2.75, 3.05) is 0 Å². The maximum absolute atomic E-state index is 12.5. The number of benzene rings is 1. The summed E-state index contributed by atoms with van der Waals surface area (Å²) in [4.78, 5) is 0. The van der Waals surface area contributed by atoms with Crippen molar-refractivity contribution in [2.45, 2.75) is 0 Å². The molecule has 10 heavy (non-hydrogen) atoms. The molecule has 1 N–H and O–H groups in total. The Morgan fingerprint density at radius 2 is 1.70 bits per heavy atom. The minimum atomic E-state index is -0.630. The minimum Gasteiger partial charge on any atom is -0.505 e. The van der Waals surface area contributed by atoms with E-state index in [1.54, 1.807) is 0 Å². The van der Waals surface area contributed by atoms with Gasteiger partial charge in [-0.1, -0.05) is 0 Å². The lowest BCUT2D eigenvalue weighted by Crippen LogP contribution is -1.76. The van der Waals surface area contributed by atoms with Gasteiger partial charge >= 0.3 is 0 Å². The van der Waals surface area contributed by atoms with E-state index in [2.05, 4.69) is 31.9 Å². The smallest absolute Gasteiger partial charge is 0.166 e. The Labute approximate surface area is 74.1 Å². The molecule has 54 valence electrons. The topological polar surface area (TPSA) is 20.2 Å². The highest BCUT2D eigenvalue weighted by atomic mass is 79.9. The molecule has 4 heteroatoms. The van der Waals surface area contributed by atoms with Crippen molar-refractivity contribution < 1.29 is 9.50 Å². The number of halogens is 3. The number of hydrogen-bond donors (Lipinski definition) is 1. The maximum Gasteiger partial charge on any atom is 0.166 e. The normalized spacial score (nSPS) is 9.90. The molecule has 0 aromatic heterocycles. The van der Waals surface area contributed by atoms with Gasteiger partial charge < -0.3 is 5.11 Å². The molecule has 0 fully saturated rings. The van der Waals surface area contributed by atoms with Gasteiger partial charge in [-0.05, 0) is 44.0 Å². The predicted octanol–water partition coefficient (Wildman–Crippen LogP) is 3.06. The Morgan fingerprint density at radius 1 is 1.20 bits per heavy atom. The lowest BCUT2D eigenvalue weighted by molar-refractivity contribution is 0.431. The van der Waals surface area contributed by atoms with Crippen LogP contribution in [0, 0.1) is 5.82 Å². The largest absolute Gasteiger partial charge is 0.505 e. The molecule has 0 spiro atoms. The maximum atomic E-state index is 12.5. The average Bonchev–Trinajstić information content (AvgIpc) is 1.84. The highest BCUT2D eigenvalue weighted by molar-refractivity contribution is 9.13. The summed E-state index contributed by atoms with van der Waals surface area (Å²) in [6.07, 6.45) is 0. The van der Waals surface area contributed by atoms with Crippen LogP contribution in [0.2, 0.25) is 0 Å². The molecule has 0 unspecified atom stereocenters. The molecule has 0 amide bonds. The molecule has 0 bridgehead atoms. The Hall–Kier alpha value is -0.0900. The molecule has 0 atom stereocenters. The summed E-state index contributed by atoms with van der Waals surface area (Å²) in [6.45, 7) is 0. The molecule has 1 rings (SSSR count). The van der Waals surface area contributed by atoms with Crippen molar-refractivity contribution >= 4 is 31.9 Å². The van der Waals surface area contributed by atoms with Crippen molar-refractivity contribution in [3.8, 4) is 5.75 Å². The Bertz CT molecular complexity index is 212. The number of phenols is 1. The lowest BCUT2D eigenvalue weighted by Gasteiger charge is -1.97. The first-order chi connectivity index (χ1) is 4.61. The summed E-state index contributed by atoms with van der Waals surface area (Å²) < 4.78 is 13.7. The number of hydrogen-bond acceptors (Lipinski definition) is 1. The molecule has 0 saturated heterocycles. The van der Waals surface area contributed by atoms with Crippen LogP contribution < -0.4 is 0 Å². The van der Waals surface area contributed by atoms with Gasteiger partial charge in [-0.2, -0.15) is 0 Å². The number of rotatable bonds is 0. The van der Waals surface area contributed by atoms with Gasteiger partial charge in [0.2, 0.25) is 0 Å². The summed E-state index contributed by atoms with van der Waals surface area (Å²) in [5.41, 5.74) is 0. The van der Waals surface area contributed by atoms with Crippen LogP contribution in [0.5, 0.6) is 5.75 Å².